The Hall–Kier alpha value is -1.60. The molecule has 2 aromatic rings. The van der Waals surface area contributed by atoms with E-state index >= 15 is 0 Å². The van der Waals surface area contributed by atoms with E-state index in [1.54, 1.807) is 32.1 Å². The standard InChI is InChI=1S/C13H17N3O3S/c1-5-20-10-8(7-19-4)6-14-11-9(10)12(17)16(3)13(18)15(11)2/h6H,5,7H2,1-4H3. The molecule has 0 N–H and O–H groups in total. The van der Waals surface area contributed by atoms with Crippen LogP contribution >= 0.6 is 11.8 Å². The van der Waals surface area contributed by atoms with Crippen LogP contribution in [0, 0.1) is 0 Å². The highest BCUT2D eigenvalue weighted by atomic mass is 32.2. The second kappa shape index (κ2) is 5.80. The number of hydrogen-bond donors (Lipinski definition) is 0. The zero-order valence-electron chi connectivity index (χ0n) is 12.0. The Labute approximate surface area is 120 Å². The summed E-state index contributed by atoms with van der Waals surface area (Å²) in [5.74, 6) is 0.821. The molecule has 0 bridgehead atoms. The van der Waals surface area contributed by atoms with Gasteiger partial charge in [-0.15, -0.1) is 11.8 Å². The van der Waals surface area contributed by atoms with E-state index in [0.717, 1.165) is 20.8 Å². The quantitative estimate of drug-likeness (QED) is 0.784. The number of hydrogen-bond acceptors (Lipinski definition) is 5. The zero-order chi connectivity index (χ0) is 14.9. The van der Waals surface area contributed by atoms with Gasteiger partial charge in [0.25, 0.3) is 5.56 Å². The van der Waals surface area contributed by atoms with Gasteiger partial charge in [-0.2, -0.15) is 0 Å². The summed E-state index contributed by atoms with van der Waals surface area (Å²) in [5, 5.41) is 0.482. The zero-order valence-corrected chi connectivity index (χ0v) is 12.8. The van der Waals surface area contributed by atoms with Crippen molar-refractivity contribution in [1.29, 1.82) is 0 Å². The van der Waals surface area contributed by atoms with Crippen molar-refractivity contribution in [3.05, 3.63) is 32.6 Å². The van der Waals surface area contributed by atoms with E-state index in [0.29, 0.717) is 17.6 Å². The van der Waals surface area contributed by atoms with Crippen LogP contribution in [0.25, 0.3) is 11.0 Å². The molecule has 0 aliphatic rings. The van der Waals surface area contributed by atoms with Crippen molar-refractivity contribution >= 4 is 22.8 Å². The molecule has 0 radical (unpaired) electrons. The van der Waals surface area contributed by atoms with Crippen LogP contribution in [0.3, 0.4) is 0 Å². The first-order valence-corrected chi connectivity index (χ1v) is 7.20. The minimum Gasteiger partial charge on any atom is -0.380 e. The number of fused-ring (bicyclic) bond motifs is 1. The Bertz CT molecular complexity index is 764. The molecule has 0 saturated carbocycles. The molecular formula is C13H17N3O3S. The molecule has 0 amide bonds. The second-order valence-corrected chi connectivity index (χ2v) is 5.66. The first-order chi connectivity index (χ1) is 9.52. The Morgan fingerprint density at radius 2 is 2.00 bits per heavy atom. The largest absolute Gasteiger partial charge is 0.380 e. The molecule has 0 unspecified atom stereocenters. The smallest absolute Gasteiger partial charge is 0.332 e. The number of methoxy groups -OCH3 is 1. The molecule has 0 saturated heterocycles. The van der Waals surface area contributed by atoms with Crippen LogP contribution < -0.4 is 11.2 Å². The van der Waals surface area contributed by atoms with Crippen LogP contribution in [0.1, 0.15) is 12.5 Å². The highest BCUT2D eigenvalue weighted by molar-refractivity contribution is 7.99. The van der Waals surface area contributed by atoms with Gasteiger partial charge in [0.2, 0.25) is 0 Å². The van der Waals surface area contributed by atoms with E-state index in [9.17, 15) is 9.59 Å². The Balaban J connectivity index is 2.96. The molecule has 0 atom stereocenters. The Morgan fingerprint density at radius 3 is 2.60 bits per heavy atom. The van der Waals surface area contributed by atoms with Gasteiger partial charge in [-0.3, -0.25) is 13.9 Å². The molecule has 2 rings (SSSR count). The van der Waals surface area contributed by atoms with Gasteiger partial charge in [0.15, 0.2) is 0 Å². The monoisotopic (exact) mass is 295 g/mol. The van der Waals surface area contributed by atoms with Crippen molar-refractivity contribution in [2.75, 3.05) is 12.9 Å². The first-order valence-electron chi connectivity index (χ1n) is 6.22. The summed E-state index contributed by atoms with van der Waals surface area (Å²) in [6, 6.07) is 0. The molecule has 0 aromatic carbocycles. The maximum Gasteiger partial charge on any atom is 0.332 e. The third kappa shape index (κ3) is 2.27. The lowest BCUT2D eigenvalue weighted by Crippen LogP contribution is -2.37. The Kier molecular flexibility index (Phi) is 4.29. The molecule has 2 aromatic heterocycles. The molecule has 7 heteroatoms. The van der Waals surface area contributed by atoms with E-state index in [4.69, 9.17) is 4.74 Å². The highest BCUT2D eigenvalue weighted by Gasteiger charge is 2.16. The van der Waals surface area contributed by atoms with Crippen molar-refractivity contribution in [1.82, 2.24) is 14.1 Å². The van der Waals surface area contributed by atoms with E-state index in [1.165, 1.54) is 11.6 Å². The molecule has 0 aliphatic heterocycles. The van der Waals surface area contributed by atoms with Crippen molar-refractivity contribution in [2.45, 2.75) is 18.4 Å². The second-order valence-electron chi connectivity index (χ2n) is 4.38. The third-order valence-electron chi connectivity index (χ3n) is 3.08. The molecule has 2 heterocycles. The third-order valence-corrected chi connectivity index (χ3v) is 4.13. The first kappa shape index (κ1) is 14.8. The topological polar surface area (TPSA) is 66.1 Å². The van der Waals surface area contributed by atoms with E-state index < -0.39 is 0 Å². The number of nitrogens with zero attached hydrogens (tertiary/aromatic N) is 3. The summed E-state index contributed by atoms with van der Waals surface area (Å²) in [6.07, 6.45) is 1.67. The summed E-state index contributed by atoms with van der Waals surface area (Å²) < 4.78 is 7.66. The van der Waals surface area contributed by atoms with E-state index in [2.05, 4.69) is 4.98 Å². The lowest BCUT2D eigenvalue weighted by molar-refractivity contribution is 0.183. The lowest BCUT2D eigenvalue weighted by Gasteiger charge is -2.13. The number of pyridine rings is 1. The molecule has 0 fully saturated rings. The summed E-state index contributed by atoms with van der Waals surface area (Å²) in [6.45, 7) is 2.40. The molecule has 0 aliphatic carbocycles. The van der Waals surface area contributed by atoms with Gasteiger partial charge in [0, 0.05) is 37.9 Å². The average Bonchev–Trinajstić information content (AvgIpc) is 2.44. The minimum absolute atomic E-state index is 0.315. The van der Waals surface area contributed by atoms with E-state index in [-0.39, 0.29) is 11.2 Å². The molecule has 6 nitrogen and oxygen atoms in total. The van der Waals surface area contributed by atoms with Crippen LogP contribution in [-0.4, -0.2) is 27.0 Å². The average molecular weight is 295 g/mol. The van der Waals surface area contributed by atoms with Gasteiger partial charge in [-0.25, -0.2) is 9.78 Å². The molecule has 20 heavy (non-hydrogen) atoms. The number of thioether (sulfide) groups is 1. The van der Waals surface area contributed by atoms with Crippen LogP contribution in [0.15, 0.2) is 20.7 Å². The fraction of sp³-hybridized carbons (Fsp3) is 0.462. The van der Waals surface area contributed by atoms with Gasteiger partial charge in [0.05, 0.1) is 12.0 Å². The number of aryl methyl sites for hydroxylation is 1. The predicted molar refractivity (Wildman–Crippen MR) is 79.3 cm³/mol. The summed E-state index contributed by atoms with van der Waals surface area (Å²) in [7, 11) is 4.70. The Morgan fingerprint density at radius 1 is 1.30 bits per heavy atom. The van der Waals surface area contributed by atoms with Crippen molar-refractivity contribution < 1.29 is 4.74 Å². The van der Waals surface area contributed by atoms with E-state index in [1.807, 2.05) is 6.92 Å². The maximum absolute atomic E-state index is 12.4. The highest BCUT2D eigenvalue weighted by Crippen LogP contribution is 2.28. The predicted octanol–water partition coefficient (Wildman–Crippen LogP) is 0.891. The summed E-state index contributed by atoms with van der Waals surface area (Å²) >= 11 is 1.56. The number of aromatic nitrogens is 3. The van der Waals surface area contributed by atoms with Crippen molar-refractivity contribution in [2.24, 2.45) is 14.1 Å². The number of ether oxygens (including phenoxy) is 1. The van der Waals surface area contributed by atoms with Crippen LogP contribution in [0.2, 0.25) is 0 Å². The molecule has 0 spiro atoms. The van der Waals surface area contributed by atoms with Gasteiger partial charge in [0.1, 0.15) is 5.65 Å². The van der Waals surface area contributed by atoms with Crippen LogP contribution in [-0.2, 0) is 25.4 Å². The molecular weight excluding hydrogens is 278 g/mol. The van der Waals surface area contributed by atoms with Gasteiger partial charge < -0.3 is 4.74 Å². The normalized spacial score (nSPS) is 11.2. The fourth-order valence-corrected chi connectivity index (χ4v) is 3.02. The van der Waals surface area contributed by atoms with Crippen LogP contribution in [0.5, 0.6) is 0 Å². The minimum atomic E-state index is -0.373. The van der Waals surface area contributed by atoms with Crippen LogP contribution in [0.4, 0.5) is 0 Å². The maximum atomic E-state index is 12.4. The SMILES string of the molecule is CCSc1c(COC)cnc2c1c(=O)n(C)c(=O)n2C. The van der Waals surface area contributed by atoms with Gasteiger partial charge in [-0.1, -0.05) is 6.92 Å². The van der Waals surface area contributed by atoms with Crippen molar-refractivity contribution in [3.63, 3.8) is 0 Å². The summed E-state index contributed by atoms with van der Waals surface area (Å²) in [5.41, 5.74) is 0.586. The van der Waals surface area contributed by atoms with Gasteiger partial charge >= 0.3 is 5.69 Å². The van der Waals surface area contributed by atoms with Crippen molar-refractivity contribution in [3.8, 4) is 0 Å². The fourth-order valence-electron chi connectivity index (χ4n) is 2.11. The summed E-state index contributed by atoms with van der Waals surface area (Å²) in [4.78, 5) is 29.5. The number of rotatable bonds is 4. The lowest BCUT2D eigenvalue weighted by atomic mass is 10.2. The molecule has 108 valence electrons. The van der Waals surface area contributed by atoms with Gasteiger partial charge in [-0.05, 0) is 5.75 Å².